The van der Waals surface area contributed by atoms with E-state index in [1.165, 1.54) is 35.3 Å². The van der Waals surface area contributed by atoms with Crippen molar-refractivity contribution in [2.75, 3.05) is 31.6 Å². The van der Waals surface area contributed by atoms with E-state index >= 15 is 0 Å². The second kappa shape index (κ2) is 19.6. The van der Waals surface area contributed by atoms with Gasteiger partial charge in [0.25, 0.3) is 0 Å². The fourth-order valence-corrected chi connectivity index (χ4v) is 5.04. The molecule has 1 amide bonds. The van der Waals surface area contributed by atoms with E-state index in [1.807, 2.05) is 74.6 Å². The van der Waals surface area contributed by atoms with E-state index in [1.54, 1.807) is 12.1 Å². The first-order valence-corrected chi connectivity index (χ1v) is 16.3. The number of carboxylic acids is 1. The molecule has 1 aliphatic carbocycles. The van der Waals surface area contributed by atoms with Crippen LogP contribution >= 0.6 is 11.6 Å². The average molecular weight is 661 g/mol. The van der Waals surface area contributed by atoms with Gasteiger partial charge in [0.05, 0.1) is 29.3 Å². The Bertz CT molecular complexity index is 1410. The van der Waals surface area contributed by atoms with Crippen molar-refractivity contribution in [2.45, 2.75) is 80.4 Å². The quantitative estimate of drug-likeness (QED) is 0.262. The molecule has 2 aromatic carbocycles. The van der Waals surface area contributed by atoms with Gasteiger partial charge >= 0.3 is 12.1 Å². The highest BCUT2D eigenvalue weighted by atomic mass is 35.5. The Labute approximate surface area is 278 Å². The van der Waals surface area contributed by atoms with E-state index in [9.17, 15) is 24.2 Å². The molecular weight excluding hydrogens is 611 g/mol. The van der Waals surface area contributed by atoms with Crippen molar-refractivity contribution < 1.29 is 33.7 Å². The number of hydrogen-bond acceptors (Lipinski definition) is 6. The van der Waals surface area contributed by atoms with Gasteiger partial charge in [0.1, 0.15) is 22.9 Å². The van der Waals surface area contributed by atoms with Crippen molar-refractivity contribution in [3.05, 3.63) is 82.2 Å². The lowest BCUT2D eigenvalue weighted by Gasteiger charge is -2.26. The molecule has 46 heavy (non-hydrogen) atoms. The number of anilines is 1. The molecule has 0 radical (unpaired) electrons. The third-order valence-electron chi connectivity index (χ3n) is 6.82. The number of aromatic carboxylic acids is 1. The van der Waals surface area contributed by atoms with Crippen LogP contribution in [0, 0.1) is 0 Å². The topological polar surface area (TPSA) is 99.5 Å². The van der Waals surface area contributed by atoms with Crippen LogP contribution in [0.2, 0.25) is 5.02 Å². The van der Waals surface area contributed by atoms with Gasteiger partial charge in [-0.15, -0.1) is 0 Å². The predicted molar refractivity (Wildman–Crippen MR) is 186 cm³/mol. The summed E-state index contributed by atoms with van der Waals surface area (Å²) in [6.45, 7) is 17.5. The molecule has 1 aliphatic heterocycles. The van der Waals surface area contributed by atoms with Crippen LogP contribution in [0.1, 0.15) is 89.7 Å². The molecule has 1 heterocycles. The largest absolute Gasteiger partial charge is 0.507 e. The predicted octanol–water partition coefficient (Wildman–Crippen LogP) is 9.66. The van der Waals surface area contributed by atoms with Crippen LogP contribution in [-0.2, 0) is 11.3 Å². The molecule has 2 aliphatic rings. The fraction of sp³-hybridized carbons (Fsp3) is 0.444. The number of amides is 1. The molecule has 0 bridgehead atoms. The standard InChI is InChI=1S/C30H32ClFN2O6.3C2H6/c1-4-39-26-15-19(14-25(35)27(26)20-6-5-7-21(32)9-8-20)17-33(3)13-12-30(2)18-34(29(38)40-30)22-10-11-23(28(36)37)24(31)16-22;3*1-2/h6-11,14-16,35H,4-5,12-13,17-18H2,1-3H3,(H,36,37);3*1-2H3. The van der Waals surface area contributed by atoms with Crippen molar-refractivity contribution in [1.82, 2.24) is 4.90 Å². The molecule has 10 heteroatoms. The molecular formula is C36H50ClFN2O6. The Hall–Kier alpha value is -3.82. The summed E-state index contributed by atoms with van der Waals surface area (Å²) in [5.74, 6) is -0.904. The minimum Gasteiger partial charge on any atom is -0.507 e. The monoisotopic (exact) mass is 660 g/mol. The molecule has 8 nitrogen and oxygen atoms in total. The number of hydrogen-bond donors (Lipinski definition) is 2. The van der Waals surface area contributed by atoms with Crippen LogP contribution in [0.25, 0.3) is 5.57 Å². The number of phenols is 1. The molecule has 1 unspecified atom stereocenters. The van der Waals surface area contributed by atoms with E-state index in [4.69, 9.17) is 21.1 Å². The number of rotatable bonds is 10. The Morgan fingerprint density at radius 1 is 1.11 bits per heavy atom. The zero-order chi connectivity index (χ0) is 35.0. The summed E-state index contributed by atoms with van der Waals surface area (Å²) in [7, 11) is 1.93. The first-order valence-electron chi connectivity index (χ1n) is 15.9. The molecule has 1 fully saturated rings. The number of nitrogens with zero attached hydrogens (tertiary/aromatic N) is 2. The summed E-state index contributed by atoms with van der Waals surface area (Å²) in [6.07, 6.45) is 6.72. The number of halogens is 2. The van der Waals surface area contributed by atoms with Gasteiger partial charge < -0.3 is 24.6 Å². The number of phenolic OH excluding ortho intramolecular Hbond substituents is 1. The van der Waals surface area contributed by atoms with Crippen molar-refractivity contribution >= 4 is 34.9 Å². The minimum atomic E-state index is -1.14. The molecule has 4 rings (SSSR count). The summed E-state index contributed by atoms with van der Waals surface area (Å²) in [6, 6.07) is 7.91. The summed E-state index contributed by atoms with van der Waals surface area (Å²) in [4.78, 5) is 27.4. The van der Waals surface area contributed by atoms with Gasteiger partial charge in [-0.1, -0.05) is 65.3 Å². The Kier molecular flexibility index (Phi) is 17.2. The zero-order valence-electron chi connectivity index (χ0n) is 28.6. The number of aromatic hydroxyl groups is 1. The summed E-state index contributed by atoms with van der Waals surface area (Å²) in [5, 5.41) is 20.2. The summed E-state index contributed by atoms with van der Waals surface area (Å²) < 4.78 is 25.2. The molecule has 2 N–H and O–H groups in total. The number of ether oxygens (including phenoxy) is 2. The average Bonchev–Trinajstić information content (AvgIpc) is 3.18. The van der Waals surface area contributed by atoms with Crippen LogP contribution in [0.5, 0.6) is 11.5 Å². The maximum atomic E-state index is 13.7. The van der Waals surface area contributed by atoms with Crippen LogP contribution < -0.4 is 9.64 Å². The molecule has 0 saturated carbocycles. The van der Waals surface area contributed by atoms with Crippen molar-refractivity contribution in [1.29, 1.82) is 0 Å². The first kappa shape index (κ1) is 40.2. The molecule has 1 atom stereocenters. The third-order valence-corrected chi connectivity index (χ3v) is 7.13. The number of carbonyl (C=O) groups excluding carboxylic acids is 1. The van der Waals surface area contributed by atoms with E-state index in [0.29, 0.717) is 55.1 Å². The molecule has 254 valence electrons. The number of benzene rings is 2. The van der Waals surface area contributed by atoms with Gasteiger partial charge in [0.2, 0.25) is 0 Å². The Morgan fingerprint density at radius 3 is 2.39 bits per heavy atom. The Morgan fingerprint density at radius 2 is 1.78 bits per heavy atom. The van der Waals surface area contributed by atoms with E-state index in [0.717, 1.165) is 5.56 Å². The lowest BCUT2D eigenvalue weighted by molar-refractivity contribution is 0.0567. The van der Waals surface area contributed by atoms with Crippen LogP contribution in [0.3, 0.4) is 0 Å². The minimum absolute atomic E-state index is 0.0396. The second-order valence-electron chi connectivity index (χ2n) is 10.1. The highest BCUT2D eigenvalue weighted by Gasteiger charge is 2.42. The highest BCUT2D eigenvalue weighted by molar-refractivity contribution is 6.33. The first-order chi connectivity index (χ1) is 22.0. The number of allylic oxidation sites excluding steroid dienone is 6. The molecule has 1 saturated heterocycles. The van der Waals surface area contributed by atoms with Gasteiger partial charge in [0, 0.05) is 25.2 Å². The van der Waals surface area contributed by atoms with Crippen LogP contribution in [0.4, 0.5) is 14.9 Å². The van der Waals surface area contributed by atoms with Crippen molar-refractivity contribution in [2.24, 2.45) is 0 Å². The normalized spacial score (nSPS) is 16.8. The number of carboxylic acid groups (broad SMARTS) is 1. The smallest absolute Gasteiger partial charge is 0.415 e. The Balaban J connectivity index is 0.00000166. The highest BCUT2D eigenvalue weighted by Crippen LogP contribution is 2.38. The fourth-order valence-electron chi connectivity index (χ4n) is 4.78. The van der Waals surface area contributed by atoms with Gasteiger partial charge in [-0.2, -0.15) is 0 Å². The second-order valence-corrected chi connectivity index (χ2v) is 10.5. The van der Waals surface area contributed by atoms with Crippen LogP contribution in [-0.4, -0.2) is 59.5 Å². The third kappa shape index (κ3) is 10.9. The summed E-state index contributed by atoms with van der Waals surface area (Å²) >= 11 is 6.09. The summed E-state index contributed by atoms with van der Waals surface area (Å²) in [5.41, 5.74) is 1.69. The molecule has 0 aromatic heterocycles. The molecule has 2 aromatic rings. The maximum Gasteiger partial charge on any atom is 0.415 e. The van der Waals surface area contributed by atoms with Gasteiger partial charge in [-0.25, -0.2) is 14.0 Å². The van der Waals surface area contributed by atoms with Gasteiger partial charge in [-0.05, 0) is 80.9 Å². The number of carbonyl (C=O) groups is 2. The van der Waals surface area contributed by atoms with Crippen molar-refractivity contribution in [3.63, 3.8) is 0 Å². The lowest BCUT2D eigenvalue weighted by Crippen LogP contribution is -2.35. The lowest BCUT2D eigenvalue weighted by atomic mass is 9.99. The van der Waals surface area contributed by atoms with Crippen molar-refractivity contribution in [3.8, 4) is 11.5 Å². The van der Waals surface area contributed by atoms with Gasteiger partial charge in [-0.3, -0.25) is 4.90 Å². The van der Waals surface area contributed by atoms with Gasteiger partial charge in [0.15, 0.2) is 0 Å². The van der Waals surface area contributed by atoms with E-state index in [2.05, 4.69) is 4.90 Å². The van der Waals surface area contributed by atoms with E-state index in [-0.39, 0.29) is 28.7 Å². The molecule has 0 spiro atoms. The number of cyclic esters (lactones) is 1. The van der Waals surface area contributed by atoms with E-state index < -0.39 is 17.7 Å². The van der Waals surface area contributed by atoms with Crippen LogP contribution in [0.15, 0.2) is 60.5 Å². The SMILES string of the molecule is CC.CC.CC.CCOc1cc(CN(C)CCC2(C)CN(c3ccc(C(=O)O)c(Cl)c3)C(=O)O2)cc(O)c1C1=CCC=C(F)C=C1. The maximum absolute atomic E-state index is 13.7. The zero-order valence-corrected chi connectivity index (χ0v) is 29.4.